The van der Waals surface area contributed by atoms with Crippen LogP contribution in [0.1, 0.15) is 15.9 Å². The molecule has 110 valence electrons. The maximum absolute atomic E-state index is 11.9. The first-order valence-corrected chi connectivity index (χ1v) is 7.61. The van der Waals surface area contributed by atoms with Crippen molar-refractivity contribution >= 4 is 22.6 Å². The molecule has 0 aliphatic heterocycles. The Kier molecular flexibility index (Phi) is 4.17. The number of hydrogen-bond donors (Lipinski definition) is 1. The Labute approximate surface area is 127 Å². The molecule has 0 bridgehead atoms. The molecule has 0 saturated carbocycles. The van der Waals surface area contributed by atoms with E-state index < -0.39 is 20.8 Å². The van der Waals surface area contributed by atoms with Crippen LogP contribution in [0.25, 0.3) is 11.1 Å². The number of nitrogens with zero attached hydrogens (tertiary/aromatic N) is 2. The molecule has 0 heterocycles. The van der Waals surface area contributed by atoms with Gasteiger partial charge in [-0.3, -0.25) is 4.79 Å². The fourth-order valence-corrected chi connectivity index (χ4v) is 3.03. The van der Waals surface area contributed by atoms with E-state index in [1.807, 2.05) is 0 Å². The number of carbonyl (C=O) groups is 1. The molecular weight excluding hydrogens is 302 g/mol. The molecule has 0 saturated heterocycles. The van der Waals surface area contributed by atoms with Gasteiger partial charge in [0.25, 0.3) is 5.91 Å². The number of sulfonamides is 1. The van der Waals surface area contributed by atoms with E-state index in [1.54, 1.807) is 36.4 Å². The van der Waals surface area contributed by atoms with Crippen LogP contribution in [0.5, 0.6) is 0 Å². The van der Waals surface area contributed by atoms with E-state index in [4.69, 9.17) is 5.14 Å². The van der Waals surface area contributed by atoms with Crippen molar-refractivity contribution in [1.29, 1.82) is 5.26 Å². The molecule has 0 fully saturated rings. The zero-order valence-corrected chi connectivity index (χ0v) is 12.2. The molecule has 0 aliphatic rings. The van der Waals surface area contributed by atoms with Gasteiger partial charge in [-0.05, 0) is 18.3 Å². The van der Waals surface area contributed by atoms with Crippen LogP contribution in [0.3, 0.4) is 0 Å². The van der Waals surface area contributed by atoms with Gasteiger partial charge in [0.05, 0.1) is 11.1 Å². The first kappa shape index (κ1) is 15.6. The molecule has 2 N–H and O–H groups in total. The van der Waals surface area contributed by atoms with Crippen molar-refractivity contribution in [2.24, 2.45) is 10.1 Å². The molecule has 2 rings (SSSR count). The lowest BCUT2D eigenvalue weighted by molar-refractivity contribution is 0.100. The van der Waals surface area contributed by atoms with E-state index in [2.05, 4.69) is 11.7 Å². The Balaban J connectivity index is 2.92. The van der Waals surface area contributed by atoms with Crippen LogP contribution in [-0.2, 0) is 10.0 Å². The van der Waals surface area contributed by atoms with Gasteiger partial charge >= 0.3 is 0 Å². The summed E-state index contributed by atoms with van der Waals surface area (Å²) in [5.41, 5.74) is 0.330. The van der Waals surface area contributed by atoms with E-state index in [0.29, 0.717) is 5.56 Å². The van der Waals surface area contributed by atoms with Crippen LogP contribution < -0.4 is 5.14 Å². The molecule has 1 amide bonds. The van der Waals surface area contributed by atoms with Gasteiger partial charge in [0.1, 0.15) is 11.0 Å². The van der Waals surface area contributed by atoms with Crippen molar-refractivity contribution in [3.63, 3.8) is 0 Å². The van der Waals surface area contributed by atoms with Crippen molar-refractivity contribution in [2.45, 2.75) is 4.90 Å². The Morgan fingerprint density at radius 2 is 1.82 bits per heavy atom. The predicted molar refractivity (Wildman–Crippen MR) is 81.8 cm³/mol. The SMILES string of the molecule is C=NC(=O)c1ccc(-c2ccccc2)c(S(N)(=O)=O)c1C#N. The largest absolute Gasteiger partial charge is 0.277 e. The van der Waals surface area contributed by atoms with Crippen LogP contribution in [0.15, 0.2) is 52.4 Å². The standard InChI is InChI=1S/C15H11N3O3S/c1-18-15(19)12-8-7-11(10-5-3-2-4-6-10)14(13(12)9-16)22(17,20)21/h2-8H,1H2,(H2,17,20,21). The second kappa shape index (κ2) is 5.89. The molecule has 6 nitrogen and oxygen atoms in total. The van der Waals surface area contributed by atoms with Crippen molar-refractivity contribution in [1.82, 2.24) is 0 Å². The molecule has 2 aromatic carbocycles. The first-order chi connectivity index (χ1) is 10.4. The van der Waals surface area contributed by atoms with E-state index in [9.17, 15) is 18.5 Å². The van der Waals surface area contributed by atoms with Crippen LogP contribution in [0.4, 0.5) is 0 Å². The number of amides is 1. The second-order valence-corrected chi connectivity index (χ2v) is 5.85. The molecule has 0 spiro atoms. The zero-order chi connectivity index (χ0) is 16.3. The predicted octanol–water partition coefficient (Wildman–Crippen LogP) is 1.71. The quantitative estimate of drug-likeness (QED) is 0.869. The van der Waals surface area contributed by atoms with Gasteiger partial charge in [-0.1, -0.05) is 36.4 Å². The molecule has 7 heteroatoms. The Morgan fingerprint density at radius 3 is 2.32 bits per heavy atom. The fraction of sp³-hybridized carbons (Fsp3) is 0. The molecule has 0 aliphatic carbocycles. The van der Waals surface area contributed by atoms with Gasteiger partial charge in [-0.2, -0.15) is 5.26 Å². The average Bonchev–Trinajstić information content (AvgIpc) is 2.52. The highest BCUT2D eigenvalue weighted by molar-refractivity contribution is 7.89. The number of carbonyl (C=O) groups excluding carboxylic acids is 1. The lowest BCUT2D eigenvalue weighted by Gasteiger charge is -2.12. The minimum atomic E-state index is -4.23. The summed E-state index contributed by atoms with van der Waals surface area (Å²) in [5, 5.41) is 14.5. The van der Waals surface area contributed by atoms with Crippen LogP contribution in [-0.4, -0.2) is 21.0 Å². The summed E-state index contributed by atoms with van der Waals surface area (Å²) in [5.74, 6) is -0.791. The Morgan fingerprint density at radius 1 is 1.18 bits per heavy atom. The molecule has 2 aromatic rings. The summed E-state index contributed by atoms with van der Waals surface area (Å²) >= 11 is 0. The molecule has 0 aromatic heterocycles. The number of benzene rings is 2. The highest BCUT2D eigenvalue weighted by atomic mass is 32.2. The van der Waals surface area contributed by atoms with Crippen molar-refractivity contribution < 1.29 is 13.2 Å². The van der Waals surface area contributed by atoms with E-state index >= 15 is 0 Å². The average molecular weight is 313 g/mol. The number of aliphatic imine (C=N–C) groups is 1. The lowest BCUT2D eigenvalue weighted by atomic mass is 9.99. The number of primary sulfonamides is 1. The molecule has 0 atom stereocenters. The Hall–Kier alpha value is -2.82. The normalized spacial score (nSPS) is 10.7. The smallest absolute Gasteiger partial charge is 0.267 e. The first-order valence-electron chi connectivity index (χ1n) is 6.06. The van der Waals surface area contributed by atoms with Crippen molar-refractivity contribution in [3.05, 3.63) is 53.6 Å². The minimum absolute atomic E-state index is 0.152. The molecule has 0 radical (unpaired) electrons. The summed E-state index contributed by atoms with van der Waals surface area (Å²) in [4.78, 5) is 14.5. The number of nitriles is 1. The van der Waals surface area contributed by atoms with Crippen molar-refractivity contribution in [2.75, 3.05) is 0 Å². The molecular formula is C15H11N3O3S. The molecule has 0 unspecified atom stereocenters. The number of rotatable bonds is 3. The van der Waals surface area contributed by atoms with E-state index in [-0.39, 0.29) is 16.7 Å². The Bertz CT molecular complexity index is 898. The van der Waals surface area contributed by atoms with Crippen LogP contribution in [0.2, 0.25) is 0 Å². The lowest BCUT2D eigenvalue weighted by Crippen LogP contribution is -2.17. The highest BCUT2D eigenvalue weighted by Crippen LogP contribution is 2.31. The van der Waals surface area contributed by atoms with Gasteiger partial charge in [-0.15, -0.1) is 0 Å². The third kappa shape index (κ3) is 2.79. The number of nitrogens with two attached hydrogens (primary N) is 1. The zero-order valence-electron chi connectivity index (χ0n) is 11.4. The topological polar surface area (TPSA) is 113 Å². The summed E-state index contributed by atoms with van der Waals surface area (Å²) in [6.45, 7) is 3.10. The summed E-state index contributed by atoms with van der Waals surface area (Å²) in [6.07, 6.45) is 0. The minimum Gasteiger partial charge on any atom is -0.267 e. The van der Waals surface area contributed by atoms with Crippen LogP contribution >= 0.6 is 0 Å². The van der Waals surface area contributed by atoms with Gasteiger partial charge in [-0.25, -0.2) is 18.5 Å². The second-order valence-electron chi connectivity index (χ2n) is 4.35. The maximum atomic E-state index is 11.9. The van der Waals surface area contributed by atoms with Crippen LogP contribution in [0, 0.1) is 11.3 Å². The van der Waals surface area contributed by atoms with Gasteiger partial charge in [0, 0.05) is 5.56 Å². The van der Waals surface area contributed by atoms with Gasteiger partial charge < -0.3 is 0 Å². The monoisotopic (exact) mass is 313 g/mol. The maximum Gasteiger partial charge on any atom is 0.277 e. The summed E-state index contributed by atoms with van der Waals surface area (Å²) < 4.78 is 23.9. The fourth-order valence-electron chi connectivity index (χ4n) is 2.10. The van der Waals surface area contributed by atoms with E-state index in [0.717, 1.165) is 0 Å². The summed E-state index contributed by atoms with van der Waals surface area (Å²) in [6, 6.07) is 13.1. The highest BCUT2D eigenvalue weighted by Gasteiger charge is 2.25. The molecule has 22 heavy (non-hydrogen) atoms. The van der Waals surface area contributed by atoms with Gasteiger partial charge in [0.15, 0.2) is 0 Å². The van der Waals surface area contributed by atoms with E-state index in [1.165, 1.54) is 12.1 Å². The van der Waals surface area contributed by atoms with Crippen molar-refractivity contribution in [3.8, 4) is 17.2 Å². The third-order valence-corrected chi connectivity index (χ3v) is 4.01. The number of hydrogen-bond acceptors (Lipinski definition) is 4. The third-order valence-electron chi connectivity index (χ3n) is 3.01. The summed E-state index contributed by atoms with van der Waals surface area (Å²) in [7, 11) is -4.23. The van der Waals surface area contributed by atoms with Gasteiger partial charge in [0.2, 0.25) is 10.0 Å².